The van der Waals surface area contributed by atoms with Crippen LogP contribution in [0.1, 0.15) is 17.5 Å². The number of aliphatic carboxylic acids is 1. The van der Waals surface area contributed by atoms with Crippen LogP contribution in [-0.2, 0) is 9.59 Å². The number of aryl methyl sites for hydroxylation is 2. The topological polar surface area (TPSA) is 98.7 Å². The number of hydrogen-bond donors (Lipinski definition) is 4. The van der Waals surface area contributed by atoms with E-state index in [4.69, 9.17) is 10.2 Å². The van der Waals surface area contributed by atoms with Crippen molar-refractivity contribution < 1.29 is 19.8 Å². The highest BCUT2D eigenvalue weighted by Crippen LogP contribution is 2.14. The van der Waals surface area contributed by atoms with Gasteiger partial charge in [-0.3, -0.25) is 9.59 Å². The van der Waals surface area contributed by atoms with E-state index in [1.54, 1.807) is 6.07 Å². The Bertz CT molecular complexity index is 488. The standard InChI is InChI=1S/C14H20N2O4/c1-9-3-4-11(7-10(9)2)16-13(18)8-12(14(19)20)15-5-6-17/h3-4,7,12,15,17H,5-6,8H2,1-2H3,(H,16,18)(H,19,20)/t12-/m0/s1. The SMILES string of the molecule is Cc1ccc(NC(=O)C[C@H](NCCO)C(=O)O)cc1C. The summed E-state index contributed by atoms with van der Waals surface area (Å²) in [6.45, 7) is 3.87. The van der Waals surface area contributed by atoms with Gasteiger partial charge in [0.15, 0.2) is 0 Å². The van der Waals surface area contributed by atoms with Crippen molar-refractivity contribution in [2.75, 3.05) is 18.5 Å². The van der Waals surface area contributed by atoms with E-state index in [0.717, 1.165) is 11.1 Å². The lowest BCUT2D eigenvalue weighted by molar-refractivity contribution is -0.141. The lowest BCUT2D eigenvalue weighted by atomic mass is 10.1. The molecule has 0 fully saturated rings. The Kier molecular flexibility index (Phi) is 6.14. The van der Waals surface area contributed by atoms with Crippen LogP contribution in [-0.4, -0.2) is 41.3 Å². The number of amides is 1. The molecule has 0 unspecified atom stereocenters. The number of aliphatic hydroxyl groups excluding tert-OH is 1. The number of aliphatic hydroxyl groups is 1. The third-order valence-corrected chi connectivity index (χ3v) is 2.98. The van der Waals surface area contributed by atoms with Gasteiger partial charge >= 0.3 is 5.97 Å². The van der Waals surface area contributed by atoms with Gasteiger partial charge in [-0.15, -0.1) is 0 Å². The average molecular weight is 280 g/mol. The Morgan fingerprint density at radius 2 is 1.95 bits per heavy atom. The van der Waals surface area contributed by atoms with Gasteiger partial charge in [-0.25, -0.2) is 0 Å². The number of hydrogen-bond acceptors (Lipinski definition) is 4. The Morgan fingerprint density at radius 3 is 2.50 bits per heavy atom. The number of carboxylic acid groups (broad SMARTS) is 1. The molecular weight excluding hydrogens is 260 g/mol. The summed E-state index contributed by atoms with van der Waals surface area (Å²) in [6, 6.07) is 4.50. The fourth-order valence-corrected chi connectivity index (χ4v) is 1.70. The summed E-state index contributed by atoms with van der Waals surface area (Å²) in [7, 11) is 0. The zero-order chi connectivity index (χ0) is 15.1. The molecule has 1 rings (SSSR count). The van der Waals surface area contributed by atoms with Crippen molar-refractivity contribution in [3.8, 4) is 0 Å². The lowest BCUT2D eigenvalue weighted by Gasteiger charge is -2.14. The van der Waals surface area contributed by atoms with Crippen LogP contribution in [0.2, 0.25) is 0 Å². The van der Waals surface area contributed by atoms with E-state index in [0.29, 0.717) is 5.69 Å². The quantitative estimate of drug-likeness (QED) is 0.588. The van der Waals surface area contributed by atoms with Gasteiger partial charge < -0.3 is 20.8 Å². The summed E-state index contributed by atoms with van der Waals surface area (Å²) in [5.74, 6) is -1.50. The van der Waals surface area contributed by atoms with Crippen molar-refractivity contribution >= 4 is 17.6 Å². The van der Waals surface area contributed by atoms with Crippen LogP contribution in [0.25, 0.3) is 0 Å². The van der Waals surface area contributed by atoms with Crippen LogP contribution in [0.5, 0.6) is 0 Å². The zero-order valence-electron chi connectivity index (χ0n) is 11.6. The molecule has 110 valence electrons. The number of carbonyl (C=O) groups is 2. The molecular formula is C14H20N2O4. The maximum Gasteiger partial charge on any atom is 0.321 e. The van der Waals surface area contributed by atoms with Crippen molar-refractivity contribution in [2.45, 2.75) is 26.3 Å². The predicted molar refractivity (Wildman–Crippen MR) is 75.7 cm³/mol. The second kappa shape index (κ2) is 7.62. The van der Waals surface area contributed by atoms with Gasteiger partial charge in [0.2, 0.25) is 5.91 Å². The van der Waals surface area contributed by atoms with Crippen molar-refractivity contribution in [3.05, 3.63) is 29.3 Å². The zero-order valence-corrected chi connectivity index (χ0v) is 11.6. The summed E-state index contributed by atoms with van der Waals surface area (Å²) in [6.07, 6.45) is -0.192. The first-order chi connectivity index (χ1) is 9.43. The fourth-order valence-electron chi connectivity index (χ4n) is 1.70. The van der Waals surface area contributed by atoms with Gasteiger partial charge in [-0.1, -0.05) is 6.07 Å². The molecule has 1 aromatic rings. The molecule has 0 aliphatic rings. The van der Waals surface area contributed by atoms with Crippen molar-refractivity contribution in [1.82, 2.24) is 5.32 Å². The molecule has 0 aliphatic carbocycles. The van der Waals surface area contributed by atoms with E-state index >= 15 is 0 Å². The summed E-state index contributed by atoms with van der Waals surface area (Å²) in [4.78, 5) is 22.8. The first kappa shape index (κ1) is 16.1. The molecule has 0 aromatic heterocycles. The molecule has 0 heterocycles. The average Bonchev–Trinajstić information content (AvgIpc) is 2.38. The van der Waals surface area contributed by atoms with Crippen LogP contribution in [0.3, 0.4) is 0 Å². The first-order valence-electron chi connectivity index (χ1n) is 6.38. The minimum atomic E-state index is -1.12. The molecule has 20 heavy (non-hydrogen) atoms. The molecule has 6 heteroatoms. The Hall–Kier alpha value is -1.92. The van der Waals surface area contributed by atoms with Crippen molar-refractivity contribution in [2.24, 2.45) is 0 Å². The summed E-state index contributed by atoms with van der Waals surface area (Å²) in [5, 5.41) is 22.9. The monoisotopic (exact) mass is 280 g/mol. The summed E-state index contributed by atoms with van der Waals surface area (Å²) in [5.41, 5.74) is 2.82. The molecule has 4 N–H and O–H groups in total. The minimum absolute atomic E-state index is 0.133. The maximum atomic E-state index is 11.8. The van der Waals surface area contributed by atoms with E-state index in [1.165, 1.54) is 0 Å². The molecule has 1 aromatic carbocycles. The van der Waals surface area contributed by atoms with E-state index in [1.807, 2.05) is 26.0 Å². The molecule has 0 bridgehead atoms. The molecule has 0 saturated heterocycles. The van der Waals surface area contributed by atoms with Crippen LogP contribution in [0.15, 0.2) is 18.2 Å². The molecule has 6 nitrogen and oxygen atoms in total. The molecule has 0 saturated carbocycles. The normalized spacial score (nSPS) is 11.9. The van der Waals surface area contributed by atoms with Crippen LogP contribution in [0, 0.1) is 13.8 Å². The Balaban J connectivity index is 2.60. The number of anilines is 1. The van der Waals surface area contributed by atoms with Crippen LogP contribution >= 0.6 is 0 Å². The lowest BCUT2D eigenvalue weighted by Crippen LogP contribution is -2.41. The van der Waals surface area contributed by atoms with Crippen molar-refractivity contribution in [1.29, 1.82) is 0 Å². The number of nitrogens with one attached hydrogen (secondary N) is 2. The predicted octanol–water partition coefficient (Wildman–Crippen LogP) is 0.667. The van der Waals surface area contributed by atoms with Crippen LogP contribution < -0.4 is 10.6 Å². The van der Waals surface area contributed by atoms with Crippen LogP contribution in [0.4, 0.5) is 5.69 Å². The molecule has 1 amide bonds. The van der Waals surface area contributed by atoms with Gasteiger partial charge in [0, 0.05) is 12.2 Å². The van der Waals surface area contributed by atoms with Gasteiger partial charge in [0.05, 0.1) is 13.0 Å². The maximum absolute atomic E-state index is 11.8. The Morgan fingerprint density at radius 1 is 1.25 bits per heavy atom. The smallest absolute Gasteiger partial charge is 0.321 e. The number of carboxylic acids is 1. The molecule has 0 aliphatic heterocycles. The largest absolute Gasteiger partial charge is 0.480 e. The van der Waals surface area contributed by atoms with E-state index in [-0.39, 0.29) is 25.5 Å². The highest BCUT2D eigenvalue weighted by molar-refractivity contribution is 5.94. The molecule has 0 radical (unpaired) electrons. The summed E-state index contributed by atoms with van der Waals surface area (Å²) < 4.78 is 0. The second-order valence-corrected chi connectivity index (χ2v) is 4.62. The van der Waals surface area contributed by atoms with Gasteiger partial charge in [0.1, 0.15) is 6.04 Å². The van der Waals surface area contributed by atoms with E-state index in [9.17, 15) is 9.59 Å². The molecule has 1 atom stereocenters. The van der Waals surface area contributed by atoms with Crippen molar-refractivity contribution in [3.63, 3.8) is 0 Å². The first-order valence-corrected chi connectivity index (χ1v) is 6.38. The van der Waals surface area contributed by atoms with E-state index < -0.39 is 12.0 Å². The number of benzene rings is 1. The van der Waals surface area contributed by atoms with Gasteiger partial charge in [-0.05, 0) is 37.1 Å². The third-order valence-electron chi connectivity index (χ3n) is 2.98. The second-order valence-electron chi connectivity index (χ2n) is 4.62. The van der Waals surface area contributed by atoms with Gasteiger partial charge in [-0.2, -0.15) is 0 Å². The fraction of sp³-hybridized carbons (Fsp3) is 0.429. The third kappa shape index (κ3) is 4.99. The van der Waals surface area contributed by atoms with Gasteiger partial charge in [0.25, 0.3) is 0 Å². The molecule has 0 spiro atoms. The summed E-state index contributed by atoms with van der Waals surface area (Å²) >= 11 is 0. The highest BCUT2D eigenvalue weighted by atomic mass is 16.4. The highest BCUT2D eigenvalue weighted by Gasteiger charge is 2.20. The number of carbonyl (C=O) groups excluding carboxylic acids is 1. The number of rotatable bonds is 7. The van der Waals surface area contributed by atoms with E-state index in [2.05, 4.69) is 10.6 Å². The Labute approximate surface area is 117 Å². The minimum Gasteiger partial charge on any atom is -0.480 e.